The number of nitrogens with one attached hydrogen (secondary N) is 1. The zero-order valence-electron chi connectivity index (χ0n) is 5.35. The van der Waals surface area contributed by atoms with Crippen LogP contribution in [0.5, 0.6) is 0 Å². The van der Waals surface area contributed by atoms with Gasteiger partial charge >= 0.3 is 12.1 Å². The lowest BCUT2D eigenvalue weighted by Gasteiger charge is -2.05. The van der Waals surface area contributed by atoms with Crippen LogP contribution in [0.2, 0.25) is 0 Å². The van der Waals surface area contributed by atoms with E-state index >= 15 is 0 Å². The molecule has 0 spiro atoms. The molecular formula is C4H6N2O4S. The second kappa shape index (κ2) is 2.97. The van der Waals surface area contributed by atoms with Gasteiger partial charge in [0.2, 0.25) is 0 Å². The molecule has 1 amide bonds. The van der Waals surface area contributed by atoms with Crippen molar-refractivity contribution in [3.8, 4) is 0 Å². The molecule has 0 aliphatic carbocycles. The van der Waals surface area contributed by atoms with Crippen molar-refractivity contribution in [2.45, 2.75) is 5.37 Å². The molecule has 0 radical (unpaired) electrons. The third-order valence-electron chi connectivity index (χ3n) is 1.09. The van der Waals surface area contributed by atoms with Crippen molar-refractivity contribution >= 4 is 24.0 Å². The minimum Gasteiger partial charge on any atom is -0.479 e. The molecule has 6 nitrogen and oxygen atoms in total. The molecule has 1 aliphatic rings. The highest BCUT2D eigenvalue weighted by Gasteiger charge is 2.31. The fourth-order valence-electron chi connectivity index (χ4n) is 0.613. The molecule has 0 bridgehead atoms. The summed E-state index contributed by atoms with van der Waals surface area (Å²) in [6.45, 7) is 0.0525. The molecule has 0 aromatic rings. The van der Waals surface area contributed by atoms with Crippen molar-refractivity contribution in [1.82, 2.24) is 9.62 Å². The highest BCUT2D eigenvalue weighted by Crippen LogP contribution is 2.20. The van der Waals surface area contributed by atoms with Crippen LogP contribution in [0, 0.1) is 0 Å². The summed E-state index contributed by atoms with van der Waals surface area (Å²) in [5, 5.41) is 18.4. The van der Waals surface area contributed by atoms with Crippen LogP contribution in [-0.2, 0) is 4.79 Å². The van der Waals surface area contributed by atoms with Gasteiger partial charge in [0.15, 0.2) is 5.37 Å². The SMILES string of the molecule is O=C(O)C1NCN(C(=O)O)S1. The minimum absolute atomic E-state index is 0.0525. The highest BCUT2D eigenvalue weighted by atomic mass is 32.2. The van der Waals surface area contributed by atoms with E-state index in [9.17, 15) is 9.59 Å². The maximum absolute atomic E-state index is 10.3. The third kappa shape index (κ3) is 1.75. The fraction of sp³-hybridized carbons (Fsp3) is 0.500. The summed E-state index contributed by atoms with van der Waals surface area (Å²) >= 11 is 0.750. The van der Waals surface area contributed by atoms with E-state index in [4.69, 9.17) is 10.2 Å². The van der Waals surface area contributed by atoms with Gasteiger partial charge in [-0.05, 0) is 11.9 Å². The summed E-state index contributed by atoms with van der Waals surface area (Å²) < 4.78 is 0.929. The monoisotopic (exact) mass is 178 g/mol. The molecule has 1 aliphatic heterocycles. The van der Waals surface area contributed by atoms with E-state index in [1.54, 1.807) is 0 Å². The van der Waals surface area contributed by atoms with Crippen molar-refractivity contribution in [3.05, 3.63) is 0 Å². The molecule has 0 saturated carbocycles. The first kappa shape index (κ1) is 8.15. The second-order valence-corrected chi connectivity index (χ2v) is 2.97. The molecule has 1 saturated heterocycles. The van der Waals surface area contributed by atoms with Crippen molar-refractivity contribution in [3.63, 3.8) is 0 Å². The number of carboxylic acids is 1. The minimum atomic E-state index is -1.13. The molecule has 0 aromatic heterocycles. The molecule has 7 heteroatoms. The van der Waals surface area contributed by atoms with Crippen LogP contribution in [-0.4, -0.2) is 38.6 Å². The lowest BCUT2D eigenvalue weighted by Crippen LogP contribution is -2.29. The first-order valence-electron chi connectivity index (χ1n) is 2.74. The van der Waals surface area contributed by atoms with E-state index in [1.807, 2.05) is 0 Å². The maximum Gasteiger partial charge on any atom is 0.418 e. The lowest BCUT2D eigenvalue weighted by molar-refractivity contribution is -0.136. The van der Waals surface area contributed by atoms with Gasteiger partial charge in [0.1, 0.15) is 0 Å². The Balaban J connectivity index is 2.47. The summed E-state index contributed by atoms with van der Waals surface area (Å²) in [4.78, 5) is 20.5. The van der Waals surface area contributed by atoms with Gasteiger partial charge in [-0.1, -0.05) is 0 Å². The predicted octanol–water partition coefficient (Wildman–Crippen LogP) is -0.414. The van der Waals surface area contributed by atoms with Crippen molar-refractivity contribution < 1.29 is 19.8 Å². The van der Waals surface area contributed by atoms with E-state index < -0.39 is 17.4 Å². The van der Waals surface area contributed by atoms with Crippen molar-refractivity contribution in [2.24, 2.45) is 0 Å². The average molecular weight is 178 g/mol. The molecule has 1 rings (SSSR count). The summed E-state index contributed by atoms with van der Waals surface area (Å²) in [5.41, 5.74) is 0. The first-order chi connectivity index (χ1) is 5.11. The van der Waals surface area contributed by atoms with Gasteiger partial charge in [-0.25, -0.2) is 13.9 Å². The number of rotatable bonds is 1. The molecule has 11 heavy (non-hydrogen) atoms. The predicted molar refractivity (Wildman–Crippen MR) is 36.9 cm³/mol. The van der Waals surface area contributed by atoms with Gasteiger partial charge in [0, 0.05) is 0 Å². The molecule has 1 fully saturated rings. The van der Waals surface area contributed by atoms with Crippen LogP contribution in [0.15, 0.2) is 0 Å². The lowest BCUT2D eigenvalue weighted by atomic mass is 10.6. The Morgan fingerprint density at radius 1 is 1.55 bits per heavy atom. The molecule has 1 atom stereocenters. The fourth-order valence-corrected chi connectivity index (χ4v) is 1.35. The van der Waals surface area contributed by atoms with Crippen LogP contribution in [0.1, 0.15) is 0 Å². The number of amides is 1. The number of carbonyl (C=O) groups is 2. The maximum atomic E-state index is 10.3. The molecular weight excluding hydrogens is 172 g/mol. The van der Waals surface area contributed by atoms with Gasteiger partial charge in [-0.15, -0.1) is 0 Å². The Bertz CT molecular complexity index is 177. The van der Waals surface area contributed by atoms with Crippen LogP contribution in [0.3, 0.4) is 0 Å². The quantitative estimate of drug-likeness (QED) is 0.473. The Labute approximate surface area is 66.3 Å². The number of aliphatic carboxylic acids is 1. The van der Waals surface area contributed by atoms with E-state index in [2.05, 4.69) is 5.32 Å². The highest BCUT2D eigenvalue weighted by molar-refractivity contribution is 7.99. The number of hydrogen-bond acceptors (Lipinski definition) is 4. The number of carboxylic acid groups (broad SMARTS) is 2. The zero-order chi connectivity index (χ0) is 8.43. The van der Waals surface area contributed by atoms with E-state index in [1.165, 1.54) is 0 Å². The van der Waals surface area contributed by atoms with Gasteiger partial charge in [0.25, 0.3) is 0 Å². The van der Waals surface area contributed by atoms with Gasteiger partial charge < -0.3 is 10.2 Å². The molecule has 1 unspecified atom stereocenters. The van der Waals surface area contributed by atoms with Crippen LogP contribution < -0.4 is 5.32 Å². The first-order valence-corrected chi connectivity index (χ1v) is 3.58. The number of hydrogen-bond donors (Lipinski definition) is 3. The Morgan fingerprint density at radius 2 is 2.18 bits per heavy atom. The Kier molecular flexibility index (Phi) is 2.20. The topological polar surface area (TPSA) is 89.9 Å². The van der Waals surface area contributed by atoms with Crippen LogP contribution in [0.4, 0.5) is 4.79 Å². The molecule has 1 heterocycles. The second-order valence-electron chi connectivity index (χ2n) is 1.85. The van der Waals surface area contributed by atoms with Gasteiger partial charge in [0.05, 0.1) is 6.67 Å². The number of nitrogens with zero attached hydrogens (tertiary/aromatic N) is 1. The van der Waals surface area contributed by atoms with Crippen LogP contribution >= 0.6 is 11.9 Å². The summed E-state index contributed by atoms with van der Waals surface area (Å²) in [5.74, 6) is -1.06. The zero-order valence-corrected chi connectivity index (χ0v) is 6.17. The van der Waals surface area contributed by atoms with E-state index in [0.29, 0.717) is 0 Å². The third-order valence-corrected chi connectivity index (χ3v) is 2.21. The van der Waals surface area contributed by atoms with E-state index in [-0.39, 0.29) is 6.67 Å². The summed E-state index contributed by atoms with van der Waals surface area (Å²) in [7, 11) is 0. The van der Waals surface area contributed by atoms with Crippen molar-refractivity contribution in [2.75, 3.05) is 6.67 Å². The molecule has 62 valence electrons. The molecule has 0 aromatic carbocycles. The smallest absolute Gasteiger partial charge is 0.418 e. The van der Waals surface area contributed by atoms with Gasteiger partial charge in [-0.3, -0.25) is 5.32 Å². The average Bonchev–Trinajstić information content (AvgIpc) is 2.33. The molecule has 3 N–H and O–H groups in total. The summed E-state index contributed by atoms with van der Waals surface area (Å²) in [6, 6.07) is 0. The van der Waals surface area contributed by atoms with Crippen molar-refractivity contribution in [1.29, 1.82) is 0 Å². The summed E-state index contributed by atoms with van der Waals surface area (Å²) in [6.07, 6.45) is -1.13. The Hall–Kier alpha value is -0.950. The normalized spacial score (nSPS) is 23.6. The standard InChI is InChI=1S/C4H6N2O4S/c7-3(8)2-5-1-6(11-2)4(9)10/h2,5H,1H2,(H,7,8)(H,9,10). The Morgan fingerprint density at radius 3 is 2.45 bits per heavy atom. The van der Waals surface area contributed by atoms with E-state index in [0.717, 1.165) is 16.3 Å². The van der Waals surface area contributed by atoms with Crippen LogP contribution in [0.25, 0.3) is 0 Å². The largest absolute Gasteiger partial charge is 0.479 e. The van der Waals surface area contributed by atoms with Gasteiger partial charge in [-0.2, -0.15) is 0 Å².